The topological polar surface area (TPSA) is 45.2 Å². The molecule has 21 heavy (non-hydrogen) atoms. The van der Waals surface area contributed by atoms with Crippen LogP contribution in [0.1, 0.15) is 28.5 Å². The van der Waals surface area contributed by atoms with Crippen molar-refractivity contribution in [2.24, 2.45) is 0 Å². The van der Waals surface area contributed by atoms with Crippen molar-refractivity contribution in [3.8, 4) is 0 Å². The molecule has 4 nitrogen and oxygen atoms in total. The van der Waals surface area contributed by atoms with E-state index in [1.165, 1.54) is 0 Å². The zero-order chi connectivity index (χ0) is 15.4. The van der Waals surface area contributed by atoms with Crippen LogP contribution in [0.5, 0.6) is 0 Å². The van der Waals surface area contributed by atoms with Crippen LogP contribution in [0.3, 0.4) is 0 Å². The molecule has 0 unspecified atom stereocenters. The van der Waals surface area contributed by atoms with Gasteiger partial charge in [-0.2, -0.15) is 0 Å². The Labute approximate surface area is 125 Å². The van der Waals surface area contributed by atoms with E-state index in [1.807, 2.05) is 58.2 Å². The van der Waals surface area contributed by atoms with Gasteiger partial charge in [0.1, 0.15) is 0 Å². The van der Waals surface area contributed by atoms with Crippen LogP contribution in [0.15, 0.2) is 36.5 Å². The van der Waals surface area contributed by atoms with Crippen molar-refractivity contribution in [3.05, 3.63) is 53.3 Å². The van der Waals surface area contributed by atoms with Gasteiger partial charge in [0, 0.05) is 31.2 Å². The van der Waals surface area contributed by atoms with Gasteiger partial charge in [-0.15, -0.1) is 0 Å². The maximum Gasteiger partial charge on any atom is 0.261 e. The standard InChI is InChI=1S/C17H21N3O/c1-5-20(16-9-7-6-8-12(16)2)17(21)14-11-19-13(3)10-15(14)18-4/h6-11H,5H2,1-4H3,(H,18,19). The first-order valence-electron chi connectivity index (χ1n) is 7.10. The largest absolute Gasteiger partial charge is 0.387 e. The second-order valence-electron chi connectivity index (χ2n) is 4.96. The second-order valence-corrected chi connectivity index (χ2v) is 4.96. The summed E-state index contributed by atoms with van der Waals surface area (Å²) < 4.78 is 0. The number of anilines is 2. The number of benzene rings is 1. The summed E-state index contributed by atoms with van der Waals surface area (Å²) in [6.07, 6.45) is 1.64. The molecule has 0 saturated carbocycles. The maximum atomic E-state index is 12.9. The van der Waals surface area contributed by atoms with Crippen LogP contribution in [0.2, 0.25) is 0 Å². The number of nitrogens with one attached hydrogen (secondary N) is 1. The molecule has 1 aromatic carbocycles. The van der Waals surface area contributed by atoms with Gasteiger partial charge in [-0.3, -0.25) is 9.78 Å². The summed E-state index contributed by atoms with van der Waals surface area (Å²) in [4.78, 5) is 18.9. The molecule has 0 aliphatic heterocycles. The monoisotopic (exact) mass is 283 g/mol. The van der Waals surface area contributed by atoms with E-state index < -0.39 is 0 Å². The van der Waals surface area contributed by atoms with Crippen molar-refractivity contribution < 1.29 is 4.79 Å². The fourth-order valence-electron chi connectivity index (χ4n) is 2.37. The van der Waals surface area contributed by atoms with Crippen LogP contribution >= 0.6 is 0 Å². The van der Waals surface area contributed by atoms with E-state index in [-0.39, 0.29) is 5.91 Å². The number of hydrogen-bond acceptors (Lipinski definition) is 3. The molecule has 1 heterocycles. The summed E-state index contributed by atoms with van der Waals surface area (Å²) in [7, 11) is 1.82. The van der Waals surface area contributed by atoms with Crippen LogP contribution in [0.4, 0.5) is 11.4 Å². The molecule has 0 fully saturated rings. The van der Waals surface area contributed by atoms with E-state index in [4.69, 9.17) is 0 Å². The number of aryl methyl sites for hydroxylation is 2. The minimum Gasteiger partial charge on any atom is -0.387 e. The Bertz CT molecular complexity index is 652. The Morgan fingerprint density at radius 3 is 2.62 bits per heavy atom. The second kappa shape index (κ2) is 6.39. The lowest BCUT2D eigenvalue weighted by atomic mass is 10.1. The van der Waals surface area contributed by atoms with Crippen LogP contribution in [0, 0.1) is 13.8 Å². The molecule has 0 bridgehead atoms. The summed E-state index contributed by atoms with van der Waals surface area (Å²) in [5, 5.41) is 3.07. The van der Waals surface area contributed by atoms with Crippen molar-refractivity contribution >= 4 is 17.3 Å². The van der Waals surface area contributed by atoms with Crippen molar-refractivity contribution in [3.63, 3.8) is 0 Å². The quantitative estimate of drug-likeness (QED) is 0.935. The number of carbonyl (C=O) groups is 1. The first-order chi connectivity index (χ1) is 10.1. The summed E-state index contributed by atoms with van der Waals surface area (Å²) in [6.45, 7) is 6.51. The predicted octanol–water partition coefficient (Wildman–Crippen LogP) is 3.41. The molecule has 0 spiro atoms. The normalized spacial score (nSPS) is 10.3. The average Bonchev–Trinajstić information content (AvgIpc) is 2.49. The SMILES string of the molecule is CCN(C(=O)c1cnc(C)cc1NC)c1ccccc1C. The molecule has 1 N–H and O–H groups in total. The molecule has 110 valence electrons. The summed E-state index contributed by atoms with van der Waals surface area (Å²) >= 11 is 0. The van der Waals surface area contributed by atoms with E-state index in [9.17, 15) is 4.79 Å². The fraction of sp³-hybridized carbons (Fsp3) is 0.294. The molecular formula is C17H21N3O. The Balaban J connectivity index is 2.44. The van der Waals surface area contributed by atoms with Gasteiger partial charge in [0.05, 0.1) is 11.3 Å². The number of nitrogens with zero attached hydrogens (tertiary/aromatic N) is 2. The zero-order valence-electron chi connectivity index (χ0n) is 13.0. The summed E-state index contributed by atoms with van der Waals surface area (Å²) in [6, 6.07) is 9.79. The third-order valence-electron chi connectivity index (χ3n) is 3.51. The Hall–Kier alpha value is -2.36. The van der Waals surface area contributed by atoms with Gasteiger partial charge < -0.3 is 10.2 Å². The Kier molecular flexibility index (Phi) is 4.58. The molecule has 0 aliphatic rings. The molecule has 1 aromatic heterocycles. The van der Waals surface area contributed by atoms with Gasteiger partial charge in [-0.1, -0.05) is 18.2 Å². The number of rotatable bonds is 4. The molecule has 0 aliphatic carbocycles. The Morgan fingerprint density at radius 1 is 1.29 bits per heavy atom. The highest BCUT2D eigenvalue weighted by atomic mass is 16.2. The fourth-order valence-corrected chi connectivity index (χ4v) is 2.37. The third-order valence-corrected chi connectivity index (χ3v) is 3.51. The van der Waals surface area contributed by atoms with Crippen LogP contribution in [-0.2, 0) is 0 Å². The highest BCUT2D eigenvalue weighted by Crippen LogP contribution is 2.24. The van der Waals surface area contributed by atoms with Gasteiger partial charge in [0.2, 0.25) is 0 Å². The van der Waals surface area contributed by atoms with E-state index in [2.05, 4.69) is 10.3 Å². The first kappa shape index (κ1) is 15.0. The minimum absolute atomic E-state index is 0.0383. The van der Waals surface area contributed by atoms with Crippen LogP contribution < -0.4 is 10.2 Å². The number of carbonyl (C=O) groups excluding carboxylic acids is 1. The van der Waals surface area contributed by atoms with Gasteiger partial charge in [0.15, 0.2) is 0 Å². The van der Waals surface area contributed by atoms with E-state index in [0.29, 0.717) is 12.1 Å². The van der Waals surface area contributed by atoms with Gasteiger partial charge in [-0.25, -0.2) is 0 Å². The molecule has 2 rings (SSSR count). The van der Waals surface area contributed by atoms with E-state index >= 15 is 0 Å². The lowest BCUT2D eigenvalue weighted by Crippen LogP contribution is -2.31. The van der Waals surface area contributed by atoms with Crippen molar-refractivity contribution in [1.82, 2.24) is 4.98 Å². The highest BCUT2D eigenvalue weighted by Gasteiger charge is 2.20. The molecule has 0 atom stereocenters. The van der Waals surface area contributed by atoms with Gasteiger partial charge in [0.25, 0.3) is 5.91 Å². The maximum absolute atomic E-state index is 12.9. The predicted molar refractivity (Wildman–Crippen MR) is 87.1 cm³/mol. The zero-order valence-corrected chi connectivity index (χ0v) is 13.0. The average molecular weight is 283 g/mol. The van der Waals surface area contributed by atoms with Crippen molar-refractivity contribution in [2.75, 3.05) is 23.8 Å². The number of amides is 1. The Morgan fingerprint density at radius 2 is 2.00 bits per heavy atom. The minimum atomic E-state index is -0.0383. The molecular weight excluding hydrogens is 262 g/mol. The third kappa shape index (κ3) is 3.05. The molecule has 0 saturated heterocycles. The molecule has 2 aromatic rings. The van der Waals surface area contributed by atoms with Crippen molar-refractivity contribution in [2.45, 2.75) is 20.8 Å². The van der Waals surface area contributed by atoms with E-state index in [0.717, 1.165) is 22.6 Å². The van der Waals surface area contributed by atoms with Gasteiger partial charge >= 0.3 is 0 Å². The lowest BCUT2D eigenvalue weighted by molar-refractivity contribution is 0.0988. The number of hydrogen-bond donors (Lipinski definition) is 1. The number of pyridine rings is 1. The first-order valence-corrected chi connectivity index (χ1v) is 7.10. The van der Waals surface area contributed by atoms with E-state index in [1.54, 1.807) is 11.1 Å². The lowest BCUT2D eigenvalue weighted by Gasteiger charge is -2.24. The van der Waals surface area contributed by atoms with Gasteiger partial charge in [-0.05, 0) is 38.5 Å². The van der Waals surface area contributed by atoms with Crippen LogP contribution in [-0.4, -0.2) is 24.5 Å². The summed E-state index contributed by atoms with van der Waals surface area (Å²) in [5.41, 5.74) is 4.30. The number of aromatic nitrogens is 1. The van der Waals surface area contributed by atoms with Crippen LogP contribution in [0.25, 0.3) is 0 Å². The number of para-hydroxylation sites is 1. The highest BCUT2D eigenvalue weighted by molar-refractivity contribution is 6.09. The van der Waals surface area contributed by atoms with Crippen molar-refractivity contribution in [1.29, 1.82) is 0 Å². The molecule has 1 amide bonds. The molecule has 4 heteroatoms. The smallest absolute Gasteiger partial charge is 0.261 e. The molecule has 0 radical (unpaired) electrons. The summed E-state index contributed by atoms with van der Waals surface area (Å²) in [5.74, 6) is -0.0383.